The summed E-state index contributed by atoms with van der Waals surface area (Å²) in [5.41, 5.74) is 1.13. The fourth-order valence-electron chi connectivity index (χ4n) is 1.07. The first-order chi connectivity index (χ1) is 5.88. The predicted molar refractivity (Wildman–Crippen MR) is 56.3 cm³/mol. The van der Waals surface area contributed by atoms with Crippen LogP contribution < -0.4 is 0 Å². The van der Waals surface area contributed by atoms with Gasteiger partial charge in [-0.15, -0.1) is 0 Å². The van der Waals surface area contributed by atoms with E-state index in [1.165, 1.54) is 0 Å². The molecule has 0 saturated heterocycles. The molecule has 0 atom stereocenters. The molecule has 0 aliphatic carbocycles. The third-order valence-corrected chi connectivity index (χ3v) is 2.45. The summed E-state index contributed by atoms with van der Waals surface area (Å²) in [4.78, 5) is 4.20. The fraction of sp³-hybridized carbons (Fsp3) is 0. The van der Waals surface area contributed by atoms with Crippen LogP contribution in [0.1, 0.15) is 0 Å². The van der Waals surface area contributed by atoms with E-state index in [1.807, 2.05) is 30.6 Å². The standard InChI is InChI=1S/C9H7IN2/c10-9-8(4-3-5-11-9)12-6-1-2-7-12/h1-7H. The number of halogens is 1. The smallest absolute Gasteiger partial charge is 0.125 e. The lowest BCUT2D eigenvalue weighted by atomic mass is 10.4. The highest BCUT2D eigenvalue weighted by Gasteiger charge is 1.98. The van der Waals surface area contributed by atoms with Crippen LogP contribution in [0.25, 0.3) is 5.69 Å². The van der Waals surface area contributed by atoms with Gasteiger partial charge < -0.3 is 4.57 Å². The second-order valence-corrected chi connectivity index (χ2v) is 3.43. The quantitative estimate of drug-likeness (QED) is 0.575. The molecule has 2 nitrogen and oxygen atoms in total. The van der Waals surface area contributed by atoms with Crippen molar-refractivity contribution in [3.63, 3.8) is 0 Å². The van der Waals surface area contributed by atoms with Crippen LogP contribution >= 0.6 is 22.6 Å². The largest absolute Gasteiger partial charge is 0.322 e. The molecule has 0 aliphatic heterocycles. The van der Waals surface area contributed by atoms with Gasteiger partial charge in [0.1, 0.15) is 3.70 Å². The van der Waals surface area contributed by atoms with Gasteiger partial charge >= 0.3 is 0 Å². The van der Waals surface area contributed by atoms with Crippen molar-refractivity contribution < 1.29 is 0 Å². The van der Waals surface area contributed by atoms with Crippen LogP contribution in [0.15, 0.2) is 42.9 Å². The summed E-state index contributed by atoms with van der Waals surface area (Å²) in [6.45, 7) is 0. The van der Waals surface area contributed by atoms with Gasteiger partial charge in [0.25, 0.3) is 0 Å². The molecule has 0 fully saturated rings. The molecule has 0 radical (unpaired) electrons. The Bertz CT molecular complexity index is 368. The molecular weight excluding hydrogens is 263 g/mol. The van der Waals surface area contributed by atoms with Crippen molar-refractivity contribution in [2.75, 3.05) is 0 Å². The van der Waals surface area contributed by atoms with Gasteiger partial charge in [-0.1, -0.05) is 0 Å². The Labute approximate surface area is 84.4 Å². The van der Waals surface area contributed by atoms with Gasteiger partial charge in [-0.2, -0.15) is 0 Å². The number of hydrogen-bond donors (Lipinski definition) is 0. The summed E-state index contributed by atoms with van der Waals surface area (Å²) in [5, 5.41) is 0. The lowest BCUT2D eigenvalue weighted by Gasteiger charge is -2.03. The molecular formula is C9H7IN2. The van der Waals surface area contributed by atoms with Gasteiger partial charge in [0.05, 0.1) is 5.69 Å². The van der Waals surface area contributed by atoms with Crippen molar-refractivity contribution in [2.45, 2.75) is 0 Å². The number of nitrogens with zero attached hydrogens (tertiary/aromatic N) is 2. The Morgan fingerprint density at radius 1 is 1.17 bits per heavy atom. The Morgan fingerprint density at radius 3 is 2.58 bits per heavy atom. The van der Waals surface area contributed by atoms with Gasteiger partial charge in [-0.05, 0) is 46.9 Å². The Balaban J connectivity index is 2.55. The second kappa shape index (κ2) is 3.26. The fourth-order valence-corrected chi connectivity index (χ4v) is 1.68. The maximum Gasteiger partial charge on any atom is 0.125 e. The van der Waals surface area contributed by atoms with E-state index in [9.17, 15) is 0 Å². The first-order valence-corrected chi connectivity index (χ1v) is 4.69. The van der Waals surface area contributed by atoms with E-state index in [1.54, 1.807) is 6.20 Å². The van der Waals surface area contributed by atoms with Crippen molar-refractivity contribution >= 4 is 22.6 Å². The van der Waals surface area contributed by atoms with Crippen LogP contribution in [0.4, 0.5) is 0 Å². The van der Waals surface area contributed by atoms with E-state index < -0.39 is 0 Å². The van der Waals surface area contributed by atoms with Crippen molar-refractivity contribution in [1.82, 2.24) is 9.55 Å². The molecule has 0 amide bonds. The summed E-state index contributed by atoms with van der Waals surface area (Å²) in [7, 11) is 0. The lowest BCUT2D eigenvalue weighted by molar-refractivity contribution is 1.04. The molecule has 60 valence electrons. The molecule has 0 N–H and O–H groups in total. The lowest BCUT2D eigenvalue weighted by Crippen LogP contribution is -1.94. The highest BCUT2D eigenvalue weighted by molar-refractivity contribution is 14.1. The summed E-state index contributed by atoms with van der Waals surface area (Å²) in [6, 6.07) is 8.00. The normalized spacial score (nSPS) is 10.1. The highest BCUT2D eigenvalue weighted by atomic mass is 127. The molecule has 0 saturated carbocycles. The second-order valence-electron chi connectivity index (χ2n) is 2.40. The van der Waals surface area contributed by atoms with Crippen molar-refractivity contribution in [3.8, 4) is 5.69 Å². The molecule has 0 bridgehead atoms. The Kier molecular flexibility index (Phi) is 2.12. The average Bonchev–Trinajstić information content (AvgIpc) is 2.57. The topological polar surface area (TPSA) is 17.8 Å². The monoisotopic (exact) mass is 270 g/mol. The van der Waals surface area contributed by atoms with Gasteiger partial charge in [0.2, 0.25) is 0 Å². The maximum absolute atomic E-state index is 4.20. The van der Waals surface area contributed by atoms with E-state index in [0.29, 0.717) is 0 Å². The third kappa shape index (κ3) is 1.36. The van der Waals surface area contributed by atoms with Crippen LogP contribution in [0.2, 0.25) is 0 Å². The van der Waals surface area contributed by atoms with Gasteiger partial charge in [0, 0.05) is 18.6 Å². The van der Waals surface area contributed by atoms with E-state index >= 15 is 0 Å². The number of aromatic nitrogens is 2. The van der Waals surface area contributed by atoms with Crippen LogP contribution in [0.3, 0.4) is 0 Å². The minimum atomic E-state index is 1.02. The SMILES string of the molecule is Ic1ncccc1-n1cccc1. The Hall–Kier alpha value is -0.840. The maximum atomic E-state index is 4.20. The first-order valence-electron chi connectivity index (χ1n) is 3.62. The number of hydrogen-bond acceptors (Lipinski definition) is 1. The number of rotatable bonds is 1. The van der Waals surface area contributed by atoms with E-state index in [0.717, 1.165) is 9.39 Å². The van der Waals surface area contributed by atoms with Crippen LogP contribution in [-0.4, -0.2) is 9.55 Å². The summed E-state index contributed by atoms with van der Waals surface area (Å²) in [5.74, 6) is 0. The van der Waals surface area contributed by atoms with Gasteiger partial charge in [0.15, 0.2) is 0 Å². The molecule has 0 aliphatic rings. The summed E-state index contributed by atoms with van der Waals surface area (Å²) >= 11 is 2.23. The molecule has 2 heterocycles. The minimum absolute atomic E-state index is 1.02. The van der Waals surface area contributed by atoms with Crippen LogP contribution in [-0.2, 0) is 0 Å². The van der Waals surface area contributed by atoms with E-state index in [2.05, 4.69) is 38.2 Å². The molecule has 0 unspecified atom stereocenters. The minimum Gasteiger partial charge on any atom is -0.322 e. The van der Waals surface area contributed by atoms with Gasteiger partial charge in [-0.3, -0.25) is 0 Å². The molecule has 0 aromatic carbocycles. The van der Waals surface area contributed by atoms with Crippen molar-refractivity contribution in [3.05, 3.63) is 46.6 Å². The predicted octanol–water partition coefficient (Wildman–Crippen LogP) is 2.48. The average molecular weight is 270 g/mol. The third-order valence-electron chi connectivity index (χ3n) is 1.62. The first kappa shape index (κ1) is 7.79. The zero-order valence-electron chi connectivity index (χ0n) is 6.31. The zero-order valence-corrected chi connectivity index (χ0v) is 8.47. The molecule has 3 heteroatoms. The van der Waals surface area contributed by atoms with Crippen molar-refractivity contribution in [1.29, 1.82) is 0 Å². The van der Waals surface area contributed by atoms with E-state index in [-0.39, 0.29) is 0 Å². The Morgan fingerprint density at radius 2 is 1.92 bits per heavy atom. The molecule has 2 rings (SSSR count). The zero-order chi connectivity index (χ0) is 8.39. The molecule has 12 heavy (non-hydrogen) atoms. The number of pyridine rings is 1. The van der Waals surface area contributed by atoms with Gasteiger partial charge in [-0.25, -0.2) is 4.98 Å². The molecule has 2 aromatic rings. The molecule has 0 spiro atoms. The summed E-state index contributed by atoms with van der Waals surface area (Å²) < 4.78 is 3.07. The van der Waals surface area contributed by atoms with Crippen LogP contribution in [0, 0.1) is 3.70 Å². The summed E-state index contributed by atoms with van der Waals surface area (Å²) in [6.07, 6.45) is 5.83. The van der Waals surface area contributed by atoms with Crippen molar-refractivity contribution in [2.24, 2.45) is 0 Å². The van der Waals surface area contributed by atoms with E-state index in [4.69, 9.17) is 0 Å². The van der Waals surface area contributed by atoms with Crippen LogP contribution in [0.5, 0.6) is 0 Å². The highest BCUT2D eigenvalue weighted by Crippen LogP contribution is 2.13. The molecule has 2 aromatic heterocycles.